The van der Waals surface area contributed by atoms with Crippen molar-refractivity contribution in [1.29, 1.82) is 0 Å². The molecule has 3 aliphatic carbocycles. The molecule has 1 spiro atoms. The third-order valence-corrected chi connectivity index (χ3v) is 13.2. The van der Waals surface area contributed by atoms with E-state index < -0.39 is 5.41 Å². The molecular weight excluding hydrogens is 687 g/mol. The first-order valence-electron chi connectivity index (χ1n) is 20.1. The Labute approximate surface area is 334 Å². The van der Waals surface area contributed by atoms with E-state index in [2.05, 4.69) is 219 Å². The number of fused-ring (bicyclic) bond motifs is 14. The predicted octanol–water partition coefficient (Wildman–Crippen LogP) is 14.6. The predicted molar refractivity (Wildman–Crippen MR) is 238 cm³/mol. The Hall–Kier alpha value is -6.96. The summed E-state index contributed by atoms with van der Waals surface area (Å²) < 4.78 is 0. The fourth-order valence-electron chi connectivity index (χ4n) is 10.7. The molecule has 0 fully saturated rings. The summed E-state index contributed by atoms with van der Waals surface area (Å²) >= 11 is 0. The molecular formula is C56H39N. The fraction of sp³-hybridized carbons (Fsp3) is 0.0714. The Bertz CT molecular complexity index is 3070. The van der Waals surface area contributed by atoms with E-state index in [0.29, 0.717) is 0 Å². The lowest BCUT2D eigenvalue weighted by molar-refractivity contribution is 0.660. The Balaban J connectivity index is 1.14. The molecule has 1 heteroatoms. The van der Waals surface area contributed by atoms with Gasteiger partial charge in [0.1, 0.15) is 0 Å². The molecule has 0 aliphatic heterocycles. The molecule has 57 heavy (non-hydrogen) atoms. The van der Waals surface area contributed by atoms with Crippen LogP contribution in [0, 0.1) is 0 Å². The number of benzene rings is 9. The van der Waals surface area contributed by atoms with Crippen LogP contribution in [0.4, 0.5) is 17.1 Å². The summed E-state index contributed by atoms with van der Waals surface area (Å²) in [4.78, 5) is 2.49. The van der Waals surface area contributed by atoms with Gasteiger partial charge in [0, 0.05) is 22.5 Å². The standard InChI is InChI=1S/C56H39N/c1-55(2)49-24-11-8-21-43(49)46-29-27-41(34-52(46)55)57(40-20-14-19-37(31-40)36-15-4-3-5-16-36)42-28-30-47-48-32-38-17-6-7-18-39(38)33-53(48)56(54(47)35-42)50-25-12-9-22-44(50)45-23-10-13-26-51(45)56/h3-35H,1-2H3. The van der Waals surface area contributed by atoms with Crippen molar-refractivity contribution in [1.82, 2.24) is 0 Å². The van der Waals surface area contributed by atoms with Crippen LogP contribution in [0.15, 0.2) is 200 Å². The van der Waals surface area contributed by atoms with Gasteiger partial charge in [0.15, 0.2) is 0 Å². The van der Waals surface area contributed by atoms with Crippen molar-refractivity contribution in [3.8, 4) is 44.5 Å². The van der Waals surface area contributed by atoms with Crippen molar-refractivity contribution in [3.63, 3.8) is 0 Å². The van der Waals surface area contributed by atoms with E-state index in [-0.39, 0.29) is 5.41 Å². The quantitative estimate of drug-likeness (QED) is 0.175. The van der Waals surface area contributed by atoms with Gasteiger partial charge in [-0.3, -0.25) is 0 Å². The minimum Gasteiger partial charge on any atom is -0.310 e. The van der Waals surface area contributed by atoms with E-state index in [1.54, 1.807) is 0 Å². The molecule has 0 aromatic heterocycles. The van der Waals surface area contributed by atoms with Crippen LogP contribution in [0.1, 0.15) is 47.2 Å². The van der Waals surface area contributed by atoms with Crippen molar-refractivity contribution in [2.24, 2.45) is 0 Å². The van der Waals surface area contributed by atoms with Gasteiger partial charge in [-0.25, -0.2) is 0 Å². The van der Waals surface area contributed by atoms with Crippen LogP contribution in [0.2, 0.25) is 0 Å². The Morgan fingerprint density at radius 1 is 0.298 bits per heavy atom. The summed E-state index contributed by atoms with van der Waals surface area (Å²) in [6, 6.07) is 75.1. The maximum atomic E-state index is 2.52. The molecule has 0 atom stereocenters. The highest BCUT2D eigenvalue weighted by atomic mass is 15.1. The molecule has 0 radical (unpaired) electrons. The molecule has 1 nitrogen and oxygen atoms in total. The van der Waals surface area contributed by atoms with E-state index in [1.807, 2.05) is 0 Å². The molecule has 0 saturated carbocycles. The maximum Gasteiger partial charge on any atom is 0.0726 e. The zero-order valence-electron chi connectivity index (χ0n) is 32.0. The minimum atomic E-state index is -0.461. The van der Waals surface area contributed by atoms with Gasteiger partial charge in [0.2, 0.25) is 0 Å². The molecule has 268 valence electrons. The highest BCUT2D eigenvalue weighted by molar-refractivity contribution is 6.01. The Kier molecular flexibility index (Phi) is 6.67. The van der Waals surface area contributed by atoms with Crippen molar-refractivity contribution in [3.05, 3.63) is 234 Å². The van der Waals surface area contributed by atoms with E-state index in [1.165, 1.54) is 88.7 Å². The lowest BCUT2D eigenvalue weighted by Gasteiger charge is -2.33. The second-order valence-electron chi connectivity index (χ2n) is 16.5. The van der Waals surface area contributed by atoms with Crippen LogP contribution in [0.5, 0.6) is 0 Å². The molecule has 3 aliphatic rings. The normalized spacial score (nSPS) is 14.4. The van der Waals surface area contributed by atoms with Gasteiger partial charge in [0.25, 0.3) is 0 Å². The summed E-state index contributed by atoms with van der Waals surface area (Å²) in [6.07, 6.45) is 0. The summed E-state index contributed by atoms with van der Waals surface area (Å²) in [5.41, 5.74) is 21.3. The van der Waals surface area contributed by atoms with Crippen LogP contribution in [-0.4, -0.2) is 0 Å². The first kappa shape index (κ1) is 32.3. The largest absolute Gasteiger partial charge is 0.310 e. The molecule has 0 heterocycles. The second kappa shape index (κ2) is 11.8. The van der Waals surface area contributed by atoms with E-state index in [0.717, 1.165) is 17.1 Å². The number of anilines is 3. The number of nitrogens with zero attached hydrogens (tertiary/aromatic N) is 1. The lowest BCUT2D eigenvalue weighted by Crippen LogP contribution is -2.26. The fourth-order valence-corrected chi connectivity index (χ4v) is 10.7. The van der Waals surface area contributed by atoms with Crippen LogP contribution in [0.3, 0.4) is 0 Å². The molecule has 0 amide bonds. The van der Waals surface area contributed by atoms with Gasteiger partial charge in [0.05, 0.1) is 5.41 Å². The monoisotopic (exact) mass is 725 g/mol. The molecule has 9 aromatic carbocycles. The van der Waals surface area contributed by atoms with E-state index in [4.69, 9.17) is 0 Å². The molecule has 9 aromatic rings. The summed E-state index contributed by atoms with van der Waals surface area (Å²) in [6.45, 7) is 4.74. The van der Waals surface area contributed by atoms with Gasteiger partial charge < -0.3 is 4.90 Å². The first-order valence-corrected chi connectivity index (χ1v) is 20.1. The van der Waals surface area contributed by atoms with Crippen LogP contribution in [0.25, 0.3) is 55.3 Å². The third kappa shape index (κ3) is 4.40. The average Bonchev–Trinajstić information content (AvgIpc) is 3.81. The minimum absolute atomic E-state index is 0.123. The van der Waals surface area contributed by atoms with Gasteiger partial charge in [-0.1, -0.05) is 166 Å². The maximum absolute atomic E-state index is 2.52. The number of hydrogen-bond acceptors (Lipinski definition) is 1. The average molecular weight is 726 g/mol. The zero-order valence-corrected chi connectivity index (χ0v) is 32.0. The van der Waals surface area contributed by atoms with Gasteiger partial charge in [-0.15, -0.1) is 0 Å². The van der Waals surface area contributed by atoms with Gasteiger partial charge >= 0.3 is 0 Å². The summed E-state index contributed by atoms with van der Waals surface area (Å²) in [5.74, 6) is 0. The SMILES string of the molecule is CC1(C)c2ccccc2-c2ccc(N(c3cccc(-c4ccccc4)c3)c3ccc4c(c3)C3(c5ccccc5-c5ccccc53)c3cc5ccccc5cc3-4)cc21. The first-order chi connectivity index (χ1) is 28.0. The lowest BCUT2D eigenvalue weighted by atomic mass is 9.70. The third-order valence-electron chi connectivity index (χ3n) is 13.2. The molecule has 0 unspecified atom stereocenters. The summed E-state index contributed by atoms with van der Waals surface area (Å²) in [5, 5.41) is 2.54. The zero-order chi connectivity index (χ0) is 37.9. The molecule has 0 saturated heterocycles. The molecule has 12 rings (SSSR count). The highest BCUT2D eigenvalue weighted by Gasteiger charge is 2.52. The van der Waals surface area contributed by atoms with Crippen LogP contribution < -0.4 is 4.90 Å². The summed E-state index contributed by atoms with van der Waals surface area (Å²) in [7, 11) is 0. The van der Waals surface area contributed by atoms with Gasteiger partial charge in [-0.05, 0) is 137 Å². The van der Waals surface area contributed by atoms with Gasteiger partial charge in [-0.2, -0.15) is 0 Å². The molecule has 0 bridgehead atoms. The van der Waals surface area contributed by atoms with Crippen molar-refractivity contribution in [2.45, 2.75) is 24.7 Å². The van der Waals surface area contributed by atoms with E-state index in [9.17, 15) is 0 Å². The Morgan fingerprint density at radius 2 is 0.772 bits per heavy atom. The molecule has 0 N–H and O–H groups in total. The topological polar surface area (TPSA) is 3.24 Å². The number of hydrogen-bond donors (Lipinski definition) is 0. The van der Waals surface area contributed by atoms with Crippen LogP contribution >= 0.6 is 0 Å². The highest BCUT2D eigenvalue weighted by Crippen LogP contribution is 2.64. The smallest absolute Gasteiger partial charge is 0.0726 e. The van der Waals surface area contributed by atoms with Crippen LogP contribution in [-0.2, 0) is 10.8 Å². The van der Waals surface area contributed by atoms with Crippen molar-refractivity contribution in [2.75, 3.05) is 4.90 Å². The Morgan fingerprint density at radius 3 is 1.46 bits per heavy atom. The van der Waals surface area contributed by atoms with E-state index >= 15 is 0 Å². The van der Waals surface area contributed by atoms with Crippen molar-refractivity contribution >= 4 is 27.8 Å². The van der Waals surface area contributed by atoms with Crippen molar-refractivity contribution < 1.29 is 0 Å². The second-order valence-corrected chi connectivity index (χ2v) is 16.5. The number of rotatable bonds is 4.